The summed E-state index contributed by atoms with van der Waals surface area (Å²) < 4.78 is 5.35. The lowest BCUT2D eigenvalue weighted by Crippen LogP contribution is -2.29. The molecule has 100 valence electrons. The summed E-state index contributed by atoms with van der Waals surface area (Å²) in [7, 11) is 1.76. The molecule has 1 amide bonds. The molecule has 0 aliphatic carbocycles. The molecule has 0 spiro atoms. The van der Waals surface area contributed by atoms with Crippen LogP contribution in [-0.4, -0.2) is 37.1 Å². The Hall–Kier alpha value is -0.950. The van der Waals surface area contributed by atoms with Crippen molar-refractivity contribution in [3.05, 3.63) is 21.4 Å². The average Bonchev–Trinajstić information content (AvgIpc) is 2.96. The van der Waals surface area contributed by atoms with Gasteiger partial charge in [0.05, 0.1) is 11.0 Å². The highest BCUT2D eigenvalue weighted by atomic mass is 32.1. The highest BCUT2D eigenvalue weighted by Gasteiger charge is 2.23. The minimum atomic E-state index is -0.217. The van der Waals surface area contributed by atoms with Gasteiger partial charge in [-0.3, -0.25) is 15.1 Å². The zero-order valence-electron chi connectivity index (χ0n) is 10.7. The third-order valence-electron chi connectivity index (χ3n) is 3.33. The zero-order valence-corrected chi connectivity index (χ0v) is 11.5. The summed E-state index contributed by atoms with van der Waals surface area (Å²) in [6, 6.07) is 1.93. The summed E-state index contributed by atoms with van der Waals surface area (Å²) in [5, 5.41) is 0. The second-order valence-electron chi connectivity index (χ2n) is 4.55. The van der Waals surface area contributed by atoms with E-state index in [0.717, 1.165) is 26.1 Å². The highest BCUT2D eigenvalue weighted by molar-refractivity contribution is 7.14. The van der Waals surface area contributed by atoms with Gasteiger partial charge in [0, 0.05) is 31.6 Å². The van der Waals surface area contributed by atoms with Crippen molar-refractivity contribution in [3.63, 3.8) is 0 Å². The van der Waals surface area contributed by atoms with Gasteiger partial charge in [-0.25, -0.2) is 5.84 Å². The molecule has 0 radical (unpaired) electrons. The summed E-state index contributed by atoms with van der Waals surface area (Å²) in [6.07, 6.45) is 1.42. The highest BCUT2D eigenvalue weighted by Crippen LogP contribution is 2.24. The first kappa shape index (κ1) is 13.5. The molecule has 1 aliphatic rings. The number of ether oxygens (including phenoxy) is 1. The van der Waals surface area contributed by atoms with Crippen LogP contribution in [0.5, 0.6) is 0 Å². The van der Waals surface area contributed by atoms with Crippen molar-refractivity contribution in [2.24, 2.45) is 5.84 Å². The van der Waals surface area contributed by atoms with Crippen LogP contribution in [0.4, 0.5) is 0 Å². The van der Waals surface area contributed by atoms with Crippen LogP contribution < -0.4 is 11.3 Å². The Morgan fingerprint density at radius 3 is 3.11 bits per heavy atom. The molecule has 0 bridgehead atoms. The molecule has 1 fully saturated rings. The Morgan fingerprint density at radius 1 is 1.72 bits per heavy atom. The molecule has 2 heterocycles. The van der Waals surface area contributed by atoms with Gasteiger partial charge in [-0.2, -0.15) is 0 Å². The number of aryl methyl sites for hydroxylation is 1. The van der Waals surface area contributed by atoms with Crippen molar-refractivity contribution in [2.45, 2.75) is 26.0 Å². The molecule has 1 unspecified atom stereocenters. The maximum absolute atomic E-state index is 11.5. The standard InChI is InChI=1S/C12H19N3O2S/c1-8-9(5-11(18-8)12(16)14-13)6-15-4-3-10(7-15)17-2/h5,10H,3-4,6-7,13H2,1-2H3,(H,14,16). The smallest absolute Gasteiger partial charge is 0.275 e. The van der Waals surface area contributed by atoms with E-state index in [1.165, 1.54) is 21.8 Å². The number of methoxy groups -OCH3 is 1. The molecular weight excluding hydrogens is 250 g/mol. The molecule has 2 rings (SSSR count). The molecular formula is C12H19N3O2S. The second kappa shape index (κ2) is 5.79. The van der Waals surface area contributed by atoms with Crippen LogP contribution in [-0.2, 0) is 11.3 Å². The van der Waals surface area contributed by atoms with Gasteiger partial charge in [0.2, 0.25) is 0 Å². The van der Waals surface area contributed by atoms with E-state index in [0.29, 0.717) is 11.0 Å². The van der Waals surface area contributed by atoms with Crippen LogP contribution >= 0.6 is 11.3 Å². The first-order valence-corrected chi connectivity index (χ1v) is 6.81. The van der Waals surface area contributed by atoms with E-state index in [1.807, 2.05) is 13.0 Å². The second-order valence-corrected chi connectivity index (χ2v) is 5.80. The van der Waals surface area contributed by atoms with E-state index < -0.39 is 0 Å². The van der Waals surface area contributed by atoms with Crippen molar-refractivity contribution < 1.29 is 9.53 Å². The fourth-order valence-electron chi connectivity index (χ4n) is 2.23. The topological polar surface area (TPSA) is 67.6 Å². The SMILES string of the molecule is COC1CCN(Cc2cc(C(=O)NN)sc2C)C1. The Bertz CT molecular complexity index is 433. The number of nitrogens with one attached hydrogen (secondary N) is 1. The van der Waals surface area contributed by atoms with Gasteiger partial charge in [0.1, 0.15) is 0 Å². The molecule has 0 saturated carbocycles. The van der Waals surface area contributed by atoms with Gasteiger partial charge in [0.25, 0.3) is 5.91 Å². The van der Waals surface area contributed by atoms with E-state index in [4.69, 9.17) is 10.6 Å². The van der Waals surface area contributed by atoms with Crippen molar-refractivity contribution in [1.82, 2.24) is 10.3 Å². The molecule has 18 heavy (non-hydrogen) atoms. The van der Waals surface area contributed by atoms with Gasteiger partial charge < -0.3 is 4.74 Å². The number of nitrogens with zero attached hydrogens (tertiary/aromatic N) is 1. The zero-order chi connectivity index (χ0) is 13.1. The lowest BCUT2D eigenvalue weighted by Gasteiger charge is -2.15. The molecule has 1 aromatic heterocycles. The van der Waals surface area contributed by atoms with E-state index in [1.54, 1.807) is 7.11 Å². The summed E-state index contributed by atoms with van der Waals surface area (Å²) in [5.41, 5.74) is 3.37. The number of nitrogens with two attached hydrogens (primary N) is 1. The monoisotopic (exact) mass is 269 g/mol. The van der Waals surface area contributed by atoms with Gasteiger partial charge >= 0.3 is 0 Å². The number of amides is 1. The Labute approximate surface area is 111 Å². The molecule has 1 saturated heterocycles. The van der Waals surface area contributed by atoms with Gasteiger partial charge in [-0.05, 0) is 25.0 Å². The fraction of sp³-hybridized carbons (Fsp3) is 0.583. The predicted molar refractivity (Wildman–Crippen MR) is 71.4 cm³/mol. The maximum Gasteiger partial charge on any atom is 0.275 e. The van der Waals surface area contributed by atoms with E-state index in [2.05, 4.69) is 10.3 Å². The number of likely N-dealkylation sites (tertiary alicyclic amines) is 1. The molecule has 5 nitrogen and oxygen atoms in total. The number of nitrogen functional groups attached to an aromatic ring is 1. The molecule has 1 aliphatic heterocycles. The van der Waals surface area contributed by atoms with Crippen LogP contribution in [0.3, 0.4) is 0 Å². The minimum absolute atomic E-state index is 0.217. The Kier molecular flexibility index (Phi) is 4.34. The number of carbonyl (C=O) groups excluding carboxylic acids is 1. The van der Waals surface area contributed by atoms with Crippen molar-refractivity contribution in [2.75, 3.05) is 20.2 Å². The normalized spacial score (nSPS) is 20.3. The molecule has 0 aromatic carbocycles. The number of hydrogen-bond acceptors (Lipinski definition) is 5. The van der Waals surface area contributed by atoms with Crippen LogP contribution in [0, 0.1) is 6.92 Å². The lowest BCUT2D eigenvalue weighted by atomic mass is 10.2. The van der Waals surface area contributed by atoms with E-state index in [-0.39, 0.29) is 5.91 Å². The fourth-order valence-corrected chi connectivity index (χ4v) is 3.17. The summed E-state index contributed by atoms with van der Waals surface area (Å²) in [5.74, 6) is 4.93. The number of thiophene rings is 1. The van der Waals surface area contributed by atoms with Crippen LogP contribution in [0.1, 0.15) is 26.5 Å². The van der Waals surface area contributed by atoms with Gasteiger partial charge in [-0.15, -0.1) is 11.3 Å². The number of hydrazine groups is 1. The molecule has 6 heteroatoms. The summed E-state index contributed by atoms with van der Waals surface area (Å²) >= 11 is 1.49. The average molecular weight is 269 g/mol. The Morgan fingerprint density at radius 2 is 2.50 bits per heavy atom. The van der Waals surface area contributed by atoms with Gasteiger partial charge in [-0.1, -0.05) is 0 Å². The van der Waals surface area contributed by atoms with Crippen molar-refractivity contribution >= 4 is 17.2 Å². The van der Waals surface area contributed by atoms with Crippen molar-refractivity contribution in [1.29, 1.82) is 0 Å². The molecule has 1 atom stereocenters. The van der Waals surface area contributed by atoms with Crippen LogP contribution in [0.15, 0.2) is 6.07 Å². The van der Waals surface area contributed by atoms with Crippen LogP contribution in [0.25, 0.3) is 0 Å². The first-order valence-electron chi connectivity index (χ1n) is 5.99. The summed E-state index contributed by atoms with van der Waals surface area (Å²) in [4.78, 5) is 15.7. The number of carbonyl (C=O) groups is 1. The first-order chi connectivity index (χ1) is 8.63. The van der Waals surface area contributed by atoms with Gasteiger partial charge in [0.15, 0.2) is 0 Å². The minimum Gasteiger partial charge on any atom is -0.380 e. The third kappa shape index (κ3) is 2.89. The molecule has 1 aromatic rings. The Balaban J connectivity index is 2.01. The quantitative estimate of drug-likeness (QED) is 0.484. The van der Waals surface area contributed by atoms with E-state index >= 15 is 0 Å². The summed E-state index contributed by atoms with van der Waals surface area (Å²) in [6.45, 7) is 4.92. The number of rotatable bonds is 4. The van der Waals surface area contributed by atoms with Crippen molar-refractivity contribution in [3.8, 4) is 0 Å². The predicted octanol–water partition coefficient (Wildman–Crippen LogP) is 0.881. The maximum atomic E-state index is 11.5. The van der Waals surface area contributed by atoms with Crippen LogP contribution in [0.2, 0.25) is 0 Å². The number of hydrogen-bond donors (Lipinski definition) is 2. The largest absolute Gasteiger partial charge is 0.380 e. The lowest BCUT2D eigenvalue weighted by molar-refractivity contribution is 0.0957. The van der Waals surface area contributed by atoms with E-state index in [9.17, 15) is 4.79 Å². The molecule has 3 N–H and O–H groups in total. The third-order valence-corrected chi connectivity index (χ3v) is 4.42.